The quantitative estimate of drug-likeness (QED) is 0.548. The summed E-state index contributed by atoms with van der Waals surface area (Å²) >= 11 is 6.03. The molecule has 2 amide bonds. The lowest BCUT2D eigenvalue weighted by Gasteiger charge is -2.10. The van der Waals surface area contributed by atoms with Gasteiger partial charge in [0.1, 0.15) is 17.5 Å². The third-order valence-corrected chi connectivity index (χ3v) is 4.43. The van der Waals surface area contributed by atoms with Gasteiger partial charge in [-0.15, -0.1) is 0 Å². The molecule has 3 rings (SSSR count). The molecule has 30 heavy (non-hydrogen) atoms. The number of anilines is 1. The molecule has 0 fully saturated rings. The van der Waals surface area contributed by atoms with Crippen LogP contribution in [-0.4, -0.2) is 28.1 Å². The number of aryl methyl sites for hydroxylation is 1. The second-order valence-corrected chi connectivity index (χ2v) is 7.03. The van der Waals surface area contributed by atoms with Crippen LogP contribution in [-0.2, 0) is 4.79 Å². The number of nitrogens with zero attached hydrogens (tertiary/aromatic N) is 2. The van der Waals surface area contributed by atoms with E-state index in [-0.39, 0.29) is 24.4 Å². The zero-order valence-electron chi connectivity index (χ0n) is 16.1. The summed E-state index contributed by atoms with van der Waals surface area (Å²) < 4.78 is 28.1. The molecule has 0 atom stereocenters. The van der Waals surface area contributed by atoms with E-state index in [1.54, 1.807) is 35.9 Å². The molecule has 0 unspecified atom stereocenters. The van der Waals surface area contributed by atoms with Crippen molar-refractivity contribution in [3.63, 3.8) is 0 Å². The van der Waals surface area contributed by atoms with E-state index in [0.717, 1.165) is 17.8 Å². The van der Waals surface area contributed by atoms with Gasteiger partial charge < -0.3 is 10.6 Å². The molecule has 0 radical (unpaired) electrons. The molecule has 3 aromatic rings. The normalized spacial score (nSPS) is 10.7. The van der Waals surface area contributed by atoms with Gasteiger partial charge >= 0.3 is 0 Å². The molecule has 1 aromatic heterocycles. The smallest absolute Gasteiger partial charge is 0.254 e. The van der Waals surface area contributed by atoms with Crippen molar-refractivity contribution in [1.82, 2.24) is 15.1 Å². The summed E-state index contributed by atoms with van der Waals surface area (Å²) in [5, 5.41) is 10.2. The van der Waals surface area contributed by atoms with Crippen LogP contribution >= 0.6 is 11.6 Å². The maximum Gasteiger partial charge on any atom is 0.254 e. The predicted molar refractivity (Wildman–Crippen MR) is 110 cm³/mol. The van der Waals surface area contributed by atoms with Crippen LogP contribution in [0.3, 0.4) is 0 Å². The molecule has 9 heteroatoms. The van der Waals surface area contributed by atoms with E-state index < -0.39 is 17.5 Å². The lowest BCUT2D eigenvalue weighted by Crippen LogP contribution is -2.26. The van der Waals surface area contributed by atoms with Gasteiger partial charge in [0, 0.05) is 30.1 Å². The molecule has 0 bridgehead atoms. The highest BCUT2D eigenvalue weighted by molar-refractivity contribution is 6.30. The molecular formula is C21H19ClF2N4O2. The molecule has 0 aliphatic heterocycles. The van der Waals surface area contributed by atoms with Crippen molar-refractivity contribution in [2.45, 2.75) is 19.8 Å². The van der Waals surface area contributed by atoms with Crippen molar-refractivity contribution in [2.24, 2.45) is 0 Å². The standard InChI is InChI=1S/C21H19ClF2N4O2/c1-13-10-19(28(27-13)16-5-2-4-14(22)11-16)26-20(29)6-3-9-25-21(30)17-8-7-15(23)12-18(17)24/h2,4-5,7-8,10-12H,3,6,9H2,1H3,(H,25,30)(H,26,29). The number of amides is 2. The largest absolute Gasteiger partial charge is 0.352 e. The number of carbonyl (C=O) groups excluding carboxylic acids is 2. The van der Waals surface area contributed by atoms with E-state index in [1.165, 1.54) is 0 Å². The monoisotopic (exact) mass is 432 g/mol. The van der Waals surface area contributed by atoms with E-state index in [4.69, 9.17) is 11.6 Å². The van der Waals surface area contributed by atoms with Crippen molar-refractivity contribution in [3.8, 4) is 5.69 Å². The average molecular weight is 433 g/mol. The van der Waals surface area contributed by atoms with Crippen molar-refractivity contribution >= 4 is 29.2 Å². The van der Waals surface area contributed by atoms with Gasteiger partial charge in [-0.2, -0.15) is 5.10 Å². The van der Waals surface area contributed by atoms with Crippen LogP contribution in [0.1, 0.15) is 28.9 Å². The van der Waals surface area contributed by atoms with Gasteiger partial charge in [0.05, 0.1) is 16.9 Å². The second kappa shape index (κ2) is 9.49. The fourth-order valence-corrected chi connectivity index (χ4v) is 3.00. The second-order valence-electron chi connectivity index (χ2n) is 6.59. The molecule has 156 valence electrons. The predicted octanol–water partition coefficient (Wildman–Crippen LogP) is 4.26. The summed E-state index contributed by atoms with van der Waals surface area (Å²) in [5.74, 6) is -2.12. The minimum Gasteiger partial charge on any atom is -0.352 e. The summed E-state index contributed by atoms with van der Waals surface area (Å²) in [4.78, 5) is 24.2. The molecule has 2 aromatic carbocycles. The van der Waals surface area contributed by atoms with Crippen LogP contribution in [0.25, 0.3) is 5.69 Å². The Morgan fingerprint density at radius 1 is 1.13 bits per heavy atom. The molecule has 6 nitrogen and oxygen atoms in total. The highest BCUT2D eigenvalue weighted by atomic mass is 35.5. The Bertz CT molecular complexity index is 1080. The first-order valence-corrected chi connectivity index (χ1v) is 9.57. The van der Waals surface area contributed by atoms with E-state index in [1.807, 2.05) is 6.07 Å². The van der Waals surface area contributed by atoms with Gasteiger partial charge in [0.2, 0.25) is 5.91 Å². The Morgan fingerprint density at radius 2 is 1.93 bits per heavy atom. The first kappa shape index (κ1) is 21.4. The number of hydrogen-bond donors (Lipinski definition) is 2. The fraction of sp³-hybridized carbons (Fsp3) is 0.190. The van der Waals surface area contributed by atoms with Crippen LogP contribution in [0.4, 0.5) is 14.6 Å². The van der Waals surface area contributed by atoms with Gasteiger partial charge in [0.15, 0.2) is 0 Å². The molecular weight excluding hydrogens is 414 g/mol. The zero-order valence-corrected chi connectivity index (χ0v) is 16.8. The minimum atomic E-state index is -0.935. The number of carbonyl (C=O) groups is 2. The van der Waals surface area contributed by atoms with E-state index in [9.17, 15) is 18.4 Å². The molecule has 1 heterocycles. The lowest BCUT2D eigenvalue weighted by molar-refractivity contribution is -0.116. The molecule has 0 saturated heterocycles. The number of rotatable bonds is 7. The van der Waals surface area contributed by atoms with Gasteiger partial charge in [0.25, 0.3) is 5.91 Å². The van der Waals surface area contributed by atoms with Crippen LogP contribution in [0, 0.1) is 18.6 Å². The number of hydrogen-bond acceptors (Lipinski definition) is 3. The number of halogens is 3. The summed E-state index contributed by atoms with van der Waals surface area (Å²) in [6.45, 7) is 1.97. The number of aromatic nitrogens is 2. The Kier molecular flexibility index (Phi) is 6.79. The molecule has 0 spiro atoms. The molecule has 2 N–H and O–H groups in total. The van der Waals surface area contributed by atoms with E-state index >= 15 is 0 Å². The Labute approximate surface area is 176 Å². The van der Waals surface area contributed by atoms with Crippen molar-refractivity contribution in [3.05, 3.63) is 76.4 Å². The first-order valence-electron chi connectivity index (χ1n) is 9.19. The first-order chi connectivity index (χ1) is 14.3. The molecule has 0 saturated carbocycles. The van der Waals surface area contributed by atoms with Crippen LogP contribution in [0.5, 0.6) is 0 Å². The van der Waals surface area contributed by atoms with Crippen molar-refractivity contribution in [2.75, 3.05) is 11.9 Å². The van der Waals surface area contributed by atoms with Crippen molar-refractivity contribution < 1.29 is 18.4 Å². The van der Waals surface area contributed by atoms with Crippen molar-refractivity contribution in [1.29, 1.82) is 0 Å². The maximum atomic E-state index is 13.6. The Morgan fingerprint density at radius 3 is 2.67 bits per heavy atom. The van der Waals surface area contributed by atoms with E-state index in [2.05, 4.69) is 15.7 Å². The topological polar surface area (TPSA) is 76.0 Å². The summed E-state index contributed by atoms with van der Waals surface area (Å²) in [6.07, 6.45) is 0.469. The fourth-order valence-electron chi connectivity index (χ4n) is 2.82. The van der Waals surface area contributed by atoms with Crippen LogP contribution in [0.15, 0.2) is 48.5 Å². The van der Waals surface area contributed by atoms with Crippen LogP contribution < -0.4 is 10.6 Å². The molecule has 0 aliphatic rings. The van der Waals surface area contributed by atoms with Gasteiger partial charge in [-0.25, -0.2) is 13.5 Å². The van der Waals surface area contributed by atoms with E-state index in [0.29, 0.717) is 29.0 Å². The number of nitrogens with one attached hydrogen (secondary N) is 2. The van der Waals surface area contributed by atoms with Crippen LogP contribution in [0.2, 0.25) is 5.02 Å². The Balaban J connectivity index is 1.53. The summed E-state index contributed by atoms with van der Waals surface area (Å²) in [7, 11) is 0. The highest BCUT2D eigenvalue weighted by Crippen LogP contribution is 2.20. The third-order valence-electron chi connectivity index (χ3n) is 4.19. The maximum absolute atomic E-state index is 13.6. The Hall–Kier alpha value is -3.26. The van der Waals surface area contributed by atoms with Gasteiger partial charge in [-0.1, -0.05) is 17.7 Å². The SMILES string of the molecule is Cc1cc(NC(=O)CCCNC(=O)c2ccc(F)cc2F)n(-c2cccc(Cl)c2)n1. The average Bonchev–Trinajstić information content (AvgIpc) is 3.05. The minimum absolute atomic E-state index is 0.131. The summed E-state index contributed by atoms with van der Waals surface area (Å²) in [6, 6.07) is 11.5. The lowest BCUT2D eigenvalue weighted by atomic mass is 10.2. The molecule has 0 aliphatic carbocycles. The third kappa shape index (κ3) is 5.42. The summed E-state index contributed by atoms with van der Waals surface area (Å²) in [5.41, 5.74) is 1.18. The zero-order chi connectivity index (χ0) is 21.7. The van der Waals surface area contributed by atoms with Gasteiger partial charge in [-0.3, -0.25) is 9.59 Å². The highest BCUT2D eigenvalue weighted by Gasteiger charge is 2.13. The van der Waals surface area contributed by atoms with Gasteiger partial charge in [-0.05, 0) is 43.7 Å². The number of benzene rings is 2.